The quantitative estimate of drug-likeness (QED) is 0.584. The molecule has 2 heterocycles. The number of aromatic amines is 1. The Hall–Kier alpha value is -2.36. The zero-order chi connectivity index (χ0) is 17.9. The van der Waals surface area contributed by atoms with Crippen LogP contribution in [0, 0.1) is 0 Å². The summed E-state index contributed by atoms with van der Waals surface area (Å²) >= 11 is 0. The molecule has 4 heteroatoms. The van der Waals surface area contributed by atoms with Gasteiger partial charge in [0.05, 0.1) is 0 Å². The van der Waals surface area contributed by atoms with Gasteiger partial charge in [-0.15, -0.1) is 0 Å². The Morgan fingerprint density at radius 2 is 1.88 bits per heavy atom. The molecule has 0 saturated heterocycles. The molecule has 25 heavy (non-hydrogen) atoms. The second-order valence-corrected chi connectivity index (χ2v) is 7.30. The van der Waals surface area contributed by atoms with Crippen molar-refractivity contribution in [1.82, 2.24) is 9.97 Å². The molecule has 4 nitrogen and oxygen atoms in total. The summed E-state index contributed by atoms with van der Waals surface area (Å²) in [6.07, 6.45) is 7.43. The van der Waals surface area contributed by atoms with E-state index in [4.69, 9.17) is 4.42 Å². The lowest BCUT2D eigenvalue weighted by molar-refractivity contribution is 0.420. The monoisotopic (exact) mass is 338 g/mol. The molecular weight excluding hydrogens is 312 g/mol. The standard InChI is InChI=1S/C21H26N2O2/c1-4-5-6-10-13-21(2,3)20-22-18(24)17-16(14-25-19(17)23-20)15-11-8-7-9-12-15/h7-9,11-12,14H,4-6,10,13H2,1-3H3,(H,22,23,24). The average Bonchev–Trinajstić information content (AvgIpc) is 3.04. The number of nitrogens with zero attached hydrogens (tertiary/aromatic N) is 1. The Kier molecular flexibility index (Phi) is 5.07. The second kappa shape index (κ2) is 7.26. The van der Waals surface area contributed by atoms with Crippen LogP contribution < -0.4 is 5.56 Å². The maximum absolute atomic E-state index is 12.7. The molecule has 0 saturated carbocycles. The minimum absolute atomic E-state index is 0.130. The van der Waals surface area contributed by atoms with Gasteiger partial charge in [-0.25, -0.2) is 0 Å². The van der Waals surface area contributed by atoms with Crippen molar-refractivity contribution in [1.29, 1.82) is 0 Å². The van der Waals surface area contributed by atoms with Crippen molar-refractivity contribution in [3.05, 3.63) is 52.8 Å². The Bertz CT molecular complexity index is 891. The fourth-order valence-corrected chi connectivity index (χ4v) is 3.21. The zero-order valence-corrected chi connectivity index (χ0v) is 15.3. The molecule has 0 atom stereocenters. The number of hydrogen-bond acceptors (Lipinski definition) is 3. The number of unbranched alkanes of at least 4 members (excludes halogenated alkanes) is 3. The van der Waals surface area contributed by atoms with Gasteiger partial charge < -0.3 is 9.40 Å². The number of fused-ring (bicyclic) bond motifs is 1. The molecule has 0 aliphatic carbocycles. The Morgan fingerprint density at radius 1 is 1.12 bits per heavy atom. The van der Waals surface area contributed by atoms with E-state index in [9.17, 15) is 4.79 Å². The van der Waals surface area contributed by atoms with E-state index in [-0.39, 0.29) is 11.0 Å². The highest BCUT2D eigenvalue weighted by Gasteiger charge is 2.25. The van der Waals surface area contributed by atoms with Gasteiger partial charge in [0.1, 0.15) is 17.5 Å². The third-order valence-corrected chi connectivity index (χ3v) is 4.83. The summed E-state index contributed by atoms with van der Waals surface area (Å²) in [6, 6.07) is 9.78. The Balaban J connectivity index is 1.94. The smallest absolute Gasteiger partial charge is 0.262 e. The molecule has 0 bridgehead atoms. The third kappa shape index (κ3) is 3.68. The molecule has 1 aromatic carbocycles. The lowest BCUT2D eigenvalue weighted by Gasteiger charge is -2.23. The van der Waals surface area contributed by atoms with Crippen LogP contribution in [0.2, 0.25) is 0 Å². The minimum Gasteiger partial charge on any atom is -0.445 e. The molecule has 0 aliphatic heterocycles. The zero-order valence-electron chi connectivity index (χ0n) is 15.3. The van der Waals surface area contributed by atoms with Crippen LogP contribution in [0.3, 0.4) is 0 Å². The molecule has 0 spiro atoms. The van der Waals surface area contributed by atoms with Crippen LogP contribution >= 0.6 is 0 Å². The van der Waals surface area contributed by atoms with Crippen molar-refractivity contribution in [2.45, 2.75) is 58.3 Å². The molecule has 0 aliphatic rings. The van der Waals surface area contributed by atoms with Crippen LogP contribution in [-0.2, 0) is 5.41 Å². The van der Waals surface area contributed by atoms with Crippen LogP contribution in [0.4, 0.5) is 0 Å². The van der Waals surface area contributed by atoms with Gasteiger partial charge >= 0.3 is 0 Å². The first-order valence-electron chi connectivity index (χ1n) is 9.10. The maximum Gasteiger partial charge on any atom is 0.262 e. The number of benzene rings is 1. The molecule has 2 aromatic heterocycles. The van der Waals surface area contributed by atoms with Gasteiger partial charge in [0.25, 0.3) is 5.56 Å². The Labute approximate surface area is 148 Å². The fraction of sp³-hybridized carbons (Fsp3) is 0.429. The molecule has 132 valence electrons. The van der Waals surface area contributed by atoms with Gasteiger partial charge in [0.15, 0.2) is 0 Å². The highest BCUT2D eigenvalue weighted by Crippen LogP contribution is 2.30. The van der Waals surface area contributed by atoms with E-state index in [1.54, 1.807) is 6.26 Å². The number of hydrogen-bond donors (Lipinski definition) is 1. The summed E-state index contributed by atoms with van der Waals surface area (Å²) in [6.45, 7) is 6.47. The largest absolute Gasteiger partial charge is 0.445 e. The normalized spacial score (nSPS) is 12.0. The van der Waals surface area contributed by atoms with Crippen LogP contribution in [0.5, 0.6) is 0 Å². The summed E-state index contributed by atoms with van der Waals surface area (Å²) in [5.74, 6) is 0.704. The van der Waals surface area contributed by atoms with Gasteiger partial charge in [0.2, 0.25) is 5.71 Å². The SMILES string of the molecule is CCCCCCC(C)(C)c1nc2occ(-c3ccccc3)c2c(=O)[nH]1. The van der Waals surface area contributed by atoms with Crippen LogP contribution in [-0.4, -0.2) is 9.97 Å². The van der Waals surface area contributed by atoms with Crippen molar-refractivity contribution in [3.8, 4) is 11.1 Å². The Morgan fingerprint density at radius 3 is 2.60 bits per heavy atom. The molecule has 1 N–H and O–H groups in total. The average molecular weight is 338 g/mol. The molecule has 0 amide bonds. The van der Waals surface area contributed by atoms with E-state index < -0.39 is 0 Å². The fourth-order valence-electron chi connectivity index (χ4n) is 3.21. The molecule has 0 radical (unpaired) electrons. The molecule has 3 aromatic rings. The summed E-state index contributed by atoms with van der Waals surface area (Å²) in [5, 5.41) is 0.525. The highest BCUT2D eigenvalue weighted by molar-refractivity contribution is 5.91. The summed E-state index contributed by atoms with van der Waals surface area (Å²) in [5.41, 5.74) is 1.85. The van der Waals surface area contributed by atoms with Gasteiger partial charge in [-0.1, -0.05) is 76.8 Å². The maximum atomic E-state index is 12.7. The molecule has 0 fully saturated rings. The van der Waals surface area contributed by atoms with Crippen LogP contribution in [0.1, 0.15) is 58.7 Å². The highest BCUT2D eigenvalue weighted by atomic mass is 16.3. The topological polar surface area (TPSA) is 58.9 Å². The second-order valence-electron chi connectivity index (χ2n) is 7.30. The van der Waals surface area contributed by atoms with Crippen molar-refractivity contribution in [2.24, 2.45) is 0 Å². The van der Waals surface area contributed by atoms with Crippen LogP contribution in [0.25, 0.3) is 22.2 Å². The number of rotatable bonds is 7. The van der Waals surface area contributed by atoms with Crippen molar-refractivity contribution >= 4 is 11.1 Å². The van der Waals surface area contributed by atoms with E-state index >= 15 is 0 Å². The minimum atomic E-state index is -0.180. The number of H-pyrrole nitrogens is 1. The van der Waals surface area contributed by atoms with E-state index in [2.05, 4.69) is 30.7 Å². The van der Waals surface area contributed by atoms with Crippen molar-refractivity contribution < 1.29 is 4.42 Å². The first kappa shape index (κ1) is 17.5. The van der Waals surface area contributed by atoms with Gasteiger partial charge in [-0.3, -0.25) is 4.79 Å². The number of furan rings is 1. The predicted octanol–water partition coefficient (Wildman–Crippen LogP) is 5.43. The number of aromatic nitrogens is 2. The molecular formula is C21H26N2O2. The first-order valence-corrected chi connectivity index (χ1v) is 9.10. The van der Waals surface area contributed by atoms with Gasteiger partial charge in [-0.2, -0.15) is 4.98 Å². The predicted molar refractivity (Wildman–Crippen MR) is 102 cm³/mol. The van der Waals surface area contributed by atoms with E-state index in [1.807, 2.05) is 30.3 Å². The van der Waals surface area contributed by atoms with E-state index in [0.717, 1.165) is 24.0 Å². The van der Waals surface area contributed by atoms with Gasteiger partial charge in [0, 0.05) is 11.0 Å². The van der Waals surface area contributed by atoms with Gasteiger partial charge in [-0.05, 0) is 12.0 Å². The van der Waals surface area contributed by atoms with Crippen molar-refractivity contribution in [3.63, 3.8) is 0 Å². The van der Waals surface area contributed by atoms with E-state index in [0.29, 0.717) is 16.9 Å². The van der Waals surface area contributed by atoms with Crippen molar-refractivity contribution in [2.75, 3.05) is 0 Å². The summed E-state index contributed by atoms with van der Waals surface area (Å²) in [4.78, 5) is 20.4. The lowest BCUT2D eigenvalue weighted by Crippen LogP contribution is -2.25. The lowest BCUT2D eigenvalue weighted by atomic mass is 9.86. The molecule has 3 rings (SSSR count). The molecule has 0 unspecified atom stereocenters. The third-order valence-electron chi connectivity index (χ3n) is 4.83. The number of nitrogens with one attached hydrogen (secondary N) is 1. The van der Waals surface area contributed by atoms with Crippen LogP contribution in [0.15, 0.2) is 45.8 Å². The summed E-state index contributed by atoms with van der Waals surface area (Å²) < 4.78 is 5.63. The first-order chi connectivity index (χ1) is 12.0. The summed E-state index contributed by atoms with van der Waals surface area (Å²) in [7, 11) is 0. The van der Waals surface area contributed by atoms with E-state index in [1.165, 1.54) is 19.3 Å².